The van der Waals surface area contributed by atoms with Crippen molar-refractivity contribution in [2.45, 2.75) is 25.7 Å². The lowest BCUT2D eigenvalue weighted by Gasteiger charge is -2.13. The average Bonchev–Trinajstić information content (AvgIpc) is 2.15. The molecule has 0 heterocycles. The number of ether oxygens (including phenoxy) is 1. The third kappa shape index (κ3) is 5.93. The van der Waals surface area contributed by atoms with Crippen LogP contribution in [-0.4, -0.2) is 6.36 Å². The number of benzene rings is 1. The highest BCUT2D eigenvalue weighted by atomic mass is 35.5. The average molecular weight is 282 g/mol. The number of nitrogens with two attached hydrogens (primary N) is 1. The van der Waals surface area contributed by atoms with Crippen molar-refractivity contribution >= 4 is 12.4 Å². The van der Waals surface area contributed by atoms with Gasteiger partial charge in [0, 0.05) is 6.04 Å². The standard InChI is InChI=1S/C12H14F3NO.ClH/c1-8(2)7-11(16)9-3-5-10(6-4-9)17-12(13,14)15;/h3-6,11H,1,7,16H2,2H3;1H/t11-;/m1./s1. The molecule has 0 unspecified atom stereocenters. The Balaban J connectivity index is 0.00000289. The number of hydrogen-bond acceptors (Lipinski definition) is 2. The van der Waals surface area contributed by atoms with Gasteiger partial charge in [-0.2, -0.15) is 0 Å². The van der Waals surface area contributed by atoms with E-state index < -0.39 is 6.36 Å². The molecule has 0 aromatic heterocycles. The van der Waals surface area contributed by atoms with Gasteiger partial charge in [0.05, 0.1) is 0 Å². The Kier molecular flexibility index (Phi) is 6.21. The molecule has 2 N–H and O–H groups in total. The third-order valence-corrected chi connectivity index (χ3v) is 2.11. The molecular weight excluding hydrogens is 267 g/mol. The first kappa shape index (κ1) is 16.8. The summed E-state index contributed by atoms with van der Waals surface area (Å²) in [6.07, 6.45) is -4.07. The van der Waals surface area contributed by atoms with Crippen molar-refractivity contribution in [2.24, 2.45) is 5.73 Å². The zero-order valence-corrected chi connectivity index (χ0v) is 10.6. The maximum atomic E-state index is 11.9. The SMILES string of the molecule is C=C(C)C[C@@H](N)c1ccc(OC(F)(F)F)cc1.Cl. The Morgan fingerprint density at radius 2 is 1.83 bits per heavy atom. The van der Waals surface area contributed by atoms with Gasteiger partial charge < -0.3 is 10.5 Å². The van der Waals surface area contributed by atoms with Crippen LogP contribution in [0, 0.1) is 0 Å². The third-order valence-electron chi connectivity index (χ3n) is 2.11. The molecule has 0 amide bonds. The summed E-state index contributed by atoms with van der Waals surface area (Å²) in [5.74, 6) is -0.247. The molecule has 0 saturated heterocycles. The van der Waals surface area contributed by atoms with Crippen LogP contribution in [0.25, 0.3) is 0 Å². The van der Waals surface area contributed by atoms with E-state index in [4.69, 9.17) is 5.73 Å². The number of alkyl halides is 3. The highest BCUT2D eigenvalue weighted by molar-refractivity contribution is 5.85. The summed E-state index contributed by atoms with van der Waals surface area (Å²) in [5, 5.41) is 0. The Hall–Kier alpha value is -1.20. The molecule has 0 bridgehead atoms. The topological polar surface area (TPSA) is 35.2 Å². The Morgan fingerprint density at radius 1 is 1.33 bits per heavy atom. The molecule has 2 nitrogen and oxygen atoms in total. The van der Waals surface area contributed by atoms with E-state index in [1.165, 1.54) is 24.3 Å². The van der Waals surface area contributed by atoms with Gasteiger partial charge in [0.1, 0.15) is 5.75 Å². The summed E-state index contributed by atoms with van der Waals surface area (Å²) in [6, 6.07) is 5.29. The molecule has 1 rings (SSSR count). The second-order valence-electron chi connectivity index (χ2n) is 3.88. The van der Waals surface area contributed by atoms with Crippen molar-refractivity contribution in [3.05, 3.63) is 42.0 Å². The summed E-state index contributed by atoms with van der Waals surface area (Å²) in [5.41, 5.74) is 7.53. The van der Waals surface area contributed by atoms with E-state index in [0.717, 1.165) is 11.1 Å². The van der Waals surface area contributed by atoms with Crippen LogP contribution in [-0.2, 0) is 0 Å². The maximum Gasteiger partial charge on any atom is 0.573 e. The molecule has 18 heavy (non-hydrogen) atoms. The first-order valence-corrected chi connectivity index (χ1v) is 5.03. The van der Waals surface area contributed by atoms with Crippen LogP contribution in [0.2, 0.25) is 0 Å². The minimum absolute atomic E-state index is 0. The van der Waals surface area contributed by atoms with Gasteiger partial charge >= 0.3 is 6.36 Å². The van der Waals surface area contributed by atoms with Gasteiger partial charge in [0.2, 0.25) is 0 Å². The lowest BCUT2D eigenvalue weighted by atomic mass is 10.0. The fourth-order valence-electron chi connectivity index (χ4n) is 1.41. The van der Waals surface area contributed by atoms with Gasteiger partial charge in [-0.15, -0.1) is 32.2 Å². The van der Waals surface area contributed by atoms with Crippen LogP contribution < -0.4 is 10.5 Å². The van der Waals surface area contributed by atoms with E-state index in [-0.39, 0.29) is 24.2 Å². The van der Waals surface area contributed by atoms with Gasteiger partial charge in [0.15, 0.2) is 0 Å². The first-order valence-electron chi connectivity index (χ1n) is 5.03. The molecule has 0 aliphatic rings. The summed E-state index contributed by atoms with van der Waals surface area (Å²) in [7, 11) is 0. The van der Waals surface area contributed by atoms with E-state index in [1.54, 1.807) is 0 Å². The molecule has 1 aromatic rings. The highest BCUT2D eigenvalue weighted by Crippen LogP contribution is 2.25. The Labute approximate surface area is 110 Å². The second-order valence-corrected chi connectivity index (χ2v) is 3.88. The van der Waals surface area contributed by atoms with Crippen molar-refractivity contribution in [3.8, 4) is 5.75 Å². The predicted molar refractivity (Wildman–Crippen MR) is 66.7 cm³/mol. The van der Waals surface area contributed by atoms with Crippen molar-refractivity contribution in [1.29, 1.82) is 0 Å². The number of hydrogen-bond donors (Lipinski definition) is 1. The first-order chi connectivity index (χ1) is 7.78. The van der Waals surface area contributed by atoms with E-state index in [0.29, 0.717) is 6.42 Å². The number of halogens is 4. The van der Waals surface area contributed by atoms with E-state index in [9.17, 15) is 13.2 Å². The smallest absolute Gasteiger partial charge is 0.406 e. The van der Waals surface area contributed by atoms with Crippen LogP contribution >= 0.6 is 12.4 Å². The minimum atomic E-state index is -4.67. The van der Waals surface area contributed by atoms with Gasteiger partial charge in [-0.25, -0.2) is 0 Å². The van der Waals surface area contributed by atoms with Crippen molar-refractivity contribution < 1.29 is 17.9 Å². The van der Waals surface area contributed by atoms with Crippen molar-refractivity contribution in [3.63, 3.8) is 0 Å². The van der Waals surface area contributed by atoms with Gasteiger partial charge in [-0.05, 0) is 31.0 Å². The molecule has 1 aromatic carbocycles. The van der Waals surface area contributed by atoms with Gasteiger partial charge in [-0.3, -0.25) is 0 Å². The molecule has 0 saturated carbocycles. The van der Waals surface area contributed by atoms with Crippen molar-refractivity contribution in [2.75, 3.05) is 0 Å². The molecular formula is C12H15ClF3NO. The van der Waals surface area contributed by atoms with Gasteiger partial charge in [0.25, 0.3) is 0 Å². The van der Waals surface area contributed by atoms with Crippen LogP contribution in [0.4, 0.5) is 13.2 Å². The summed E-state index contributed by atoms with van der Waals surface area (Å²) < 4.78 is 39.5. The molecule has 0 fully saturated rings. The van der Waals surface area contributed by atoms with E-state index >= 15 is 0 Å². The fraction of sp³-hybridized carbons (Fsp3) is 0.333. The number of rotatable bonds is 4. The Bertz CT molecular complexity index is 389. The zero-order valence-electron chi connectivity index (χ0n) is 9.83. The van der Waals surface area contributed by atoms with Gasteiger partial charge in [-0.1, -0.05) is 17.7 Å². The van der Waals surface area contributed by atoms with Crippen LogP contribution in [0.3, 0.4) is 0 Å². The van der Waals surface area contributed by atoms with Crippen LogP contribution in [0.15, 0.2) is 36.4 Å². The Morgan fingerprint density at radius 3 is 2.22 bits per heavy atom. The molecule has 0 spiro atoms. The molecule has 0 aliphatic carbocycles. The molecule has 102 valence electrons. The summed E-state index contributed by atoms with van der Waals surface area (Å²) >= 11 is 0. The van der Waals surface area contributed by atoms with Crippen LogP contribution in [0.1, 0.15) is 24.9 Å². The van der Waals surface area contributed by atoms with Crippen LogP contribution in [0.5, 0.6) is 5.75 Å². The molecule has 1 atom stereocenters. The molecule has 0 aliphatic heterocycles. The summed E-state index contributed by atoms with van der Waals surface area (Å²) in [6.45, 7) is 5.58. The van der Waals surface area contributed by atoms with Crippen molar-refractivity contribution in [1.82, 2.24) is 0 Å². The lowest BCUT2D eigenvalue weighted by molar-refractivity contribution is -0.274. The monoisotopic (exact) mass is 281 g/mol. The normalized spacial score (nSPS) is 12.5. The second kappa shape index (κ2) is 6.66. The minimum Gasteiger partial charge on any atom is -0.406 e. The molecule has 0 radical (unpaired) electrons. The highest BCUT2D eigenvalue weighted by Gasteiger charge is 2.30. The van der Waals surface area contributed by atoms with E-state index in [1.807, 2.05) is 6.92 Å². The molecule has 6 heteroatoms. The maximum absolute atomic E-state index is 11.9. The zero-order chi connectivity index (χ0) is 13.1. The largest absolute Gasteiger partial charge is 0.573 e. The summed E-state index contributed by atoms with van der Waals surface area (Å²) in [4.78, 5) is 0. The van der Waals surface area contributed by atoms with E-state index in [2.05, 4.69) is 11.3 Å². The fourth-order valence-corrected chi connectivity index (χ4v) is 1.41. The lowest BCUT2D eigenvalue weighted by Crippen LogP contribution is -2.17. The predicted octanol–water partition coefficient (Wildman–Crippen LogP) is 3.97. The quantitative estimate of drug-likeness (QED) is 0.848.